The van der Waals surface area contributed by atoms with E-state index in [0.29, 0.717) is 4.57 Å². The van der Waals surface area contributed by atoms with E-state index < -0.39 is 67.8 Å². The molecule has 0 bridgehead atoms. The summed E-state index contributed by atoms with van der Waals surface area (Å²) < 4.78 is 51.1. The minimum Gasteiger partial charge on any atom is -0.462 e. The summed E-state index contributed by atoms with van der Waals surface area (Å²) in [4.78, 5) is 37.7. The van der Waals surface area contributed by atoms with E-state index >= 15 is 4.39 Å². The number of nitrogens with zero attached hydrogens (tertiary/aromatic N) is 1. The van der Waals surface area contributed by atoms with Crippen LogP contribution in [0.3, 0.4) is 0 Å². The zero-order valence-corrected chi connectivity index (χ0v) is 21.1. The molecule has 12 nitrogen and oxygen atoms in total. The SMILES string of the molecule is C#C[C@]1(CO[P@@](=O)(N[C@@H](C)C(=O)OC(C)C)Oc2ccccc2)O[C@@H](n2ccc(=O)[nH]c2=O)[C@H](F)[C@@H]1O. The quantitative estimate of drug-likeness (QED) is 0.228. The topological polar surface area (TPSA) is 158 Å². The number of benzene rings is 1. The average molecular weight is 539 g/mol. The van der Waals surface area contributed by atoms with E-state index in [-0.39, 0.29) is 5.75 Å². The normalized spacial score (nSPS) is 25.7. The molecule has 3 rings (SSSR count). The number of ether oxygens (including phenoxy) is 2. The molecule has 1 aromatic carbocycles. The first-order valence-corrected chi connectivity index (χ1v) is 12.7. The molecule has 14 heteroatoms. The van der Waals surface area contributed by atoms with Crippen molar-refractivity contribution >= 4 is 13.7 Å². The summed E-state index contributed by atoms with van der Waals surface area (Å²) in [5, 5.41) is 13.0. The van der Waals surface area contributed by atoms with Gasteiger partial charge < -0.3 is 19.1 Å². The fraction of sp³-hybridized carbons (Fsp3) is 0.435. The molecule has 2 aromatic rings. The van der Waals surface area contributed by atoms with E-state index in [1.165, 1.54) is 19.1 Å². The summed E-state index contributed by atoms with van der Waals surface area (Å²) in [7, 11) is -4.43. The molecule has 0 spiro atoms. The Hall–Kier alpha value is -3.27. The predicted octanol–water partition coefficient (Wildman–Crippen LogP) is 1.27. The number of carbonyl (C=O) groups is 1. The van der Waals surface area contributed by atoms with Crippen molar-refractivity contribution in [1.29, 1.82) is 0 Å². The van der Waals surface area contributed by atoms with Gasteiger partial charge in [-0.1, -0.05) is 24.1 Å². The molecule has 37 heavy (non-hydrogen) atoms. The average Bonchev–Trinajstić information content (AvgIpc) is 3.08. The number of halogens is 1. The van der Waals surface area contributed by atoms with E-state index in [0.717, 1.165) is 12.3 Å². The summed E-state index contributed by atoms with van der Waals surface area (Å²) in [5.74, 6) is 1.46. The van der Waals surface area contributed by atoms with Crippen LogP contribution in [0.15, 0.2) is 52.2 Å². The Morgan fingerprint density at radius 1 is 1.32 bits per heavy atom. The molecular formula is C23H27FN3O9P. The number of terminal acetylenes is 1. The van der Waals surface area contributed by atoms with Gasteiger partial charge >= 0.3 is 19.4 Å². The number of aliphatic hydroxyl groups is 1. The van der Waals surface area contributed by atoms with E-state index in [4.69, 9.17) is 24.9 Å². The van der Waals surface area contributed by atoms with Crippen molar-refractivity contribution in [3.05, 3.63) is 63.4 Å². The van der Waals surface area contributed by atoms with E-state index in [9.17, 15) is 24.1 Å². The molecule has 1 aliphatic heterocycles. The second kappa shape index (κ2) is 11.4. The standard InChI is InChI=1S/C23H27FN3O9P/c1-5-23(19(29)18(24)20(35-23)27-12-11-17(28)25-22(27)31)13-33-37(32,36-16-9-7-6-8-10-16)26-15(4)21(30)34-14(2)3/h1,6-12,14-15,18-20,29H,13H2,2-4H3,(H,26,32)(H,25,28,31)/t15-,18+,19-,20+,23+,37-/m0/s1. The minimum absolute atomic E-state index is 0.103. The molecule has 0 saturated carbocycles. The van der Waals surface area contributed by atoms with Gasteiger partial charge in [0.25, 0.3) is 5.56 Å². The monoisotopic (exact) mass is 539 g/mol. The Balaban J connectivity index is 1.87. The van der Waals surface area contributed by atoms with E-state index in [1.54, 1.807) is 32.0 Å². The number of nitrogens with one attached hydrogen (secondary N) is 2. The molecule has 0 radical (unpaired) electrons. The minimum atomic E-state index is -4.43. The number of aromatic amines is 1. The second-order valence-electron chi connectivity index (χ2n) is 8.46. The molecule has 3 N–H and O–H groups in total. The van der Waals surface area contributed by atoms with Gasteiger partial charge in [-0.2, -0.15) is 5.09 Å². The van der Waals surface area contributed by atoms with Gasteiger partial charge in [0.05, 0.1) is 6.10 Å². The number of alkyl halides is 1. The van der Waals surface area contributed by atoms with Gasteiger partial charge in [0.1, 0.15) is 24.5 Å². The van der Waals surface area contributed by atoms with Crippen LogP contribution in [-0.2, 0) is 23.4 Å². The summed E-state index contributed by atoms with van der Waals surface area (Å²) in [6.07, 6.45) is 0.0872. The predicted molar refractivity (Wildman–Crippen MR) is 128 cm³/mol. The lowest BCUT2D eigenvalue weighted by Gasteiger charge is -2.29. The number of para-hydroxylation sites is 1. The lowest BCUT2D eigenvalue weighted by Crippen LogP contribution is -2.45. The molecule has 0 amide bonds. The van der Waals surface area contributed by atoms with Gasteiger partial charge in [0.15, 0.2) is 18.0 Å². The number of hydrogen-bond donors (Lipinski definition) is 3. The fourth-order valence-electron chi connectivity index (χ4n) is 3.40. The van der Waals surface area contributed by atoms with Crippen molar-refractivity contribution in [2.45, 2.75) is 57.0 Å². The Labute approximate surface area is 211 Å². The van der Waals surface area contributed by atoms with Crippen LogP contribution in [0.25, 0.3) is 0 Å². The summed E-state index contributed by atoms with van der Waals surface area (Å²) in [5.41, 5.74) is -3.95. The molecule has 2 heterocycles. The third-order valence-electron chi connectivity index (χ3n) is 5.23. The number of carbonyl (C=O) groups excluding carboxylic acids is 1. The Bertz CT molecular complexity index is 1310. The first-order chi connectivity index (χ1) is 17.4. The van der Waals surface area contributed by atoms with Crippen LogP contribution in [0.4, 0.5) is 4.39 Å². The third-order valence-corrected chi connectivity index (χ3v) is 6.85. The van der Waals surface area contributed by atoms with Gasteiger partial charge in [0.2, 0.25) is 0 Å². The molecule has 0 unspecified atom stereocenters. The highest BCUT2D eigenvalue weighted by atomic mass is 31.2. The molecule has 1 aliphatic rings. The lowest BCUT2D eigenvalue weighted by molar-refractivity contribution is -0.149. The Morgan fingerprint density at radius 3 is 2.59 bits per heavy atom. The molecule has 1 fully saturated rings. The number of H-pyrrole nitrogens is 1. The smallest absolute Gasteiger partial charge is 0.459 e. The highest BCUT2D eigenvalue weighted by Gasteiger charge is 2.57. The lowest BCUT2D eigenvalue weighted by atomic mass is 9.98. The molecule has 0 aliphatic carbocycles. The first kappa shape index (κ1) is 28.3. The molecule has 200 valence electrons. The van der Waals surface area contributed by atoms with Crippen molar-refractivity contribution in [3.8, 4) is 18.1 Å². The number of aliphatic hydroxyl groups excluding tert-OH is 1. The van der Waals surface area contributed by atoms with Crippen molar-refractivity contribution < 1.29 is 37.4 Å². The van der Waals surface area contributed by atoms with Crippen LogP contribution in [-0.4, -0.2) is 57.3 Å². The van der Waals surface area contributed by atoms with Crippen LogP contribution >= 0.6 is 7.75 Å². The fourth-order valence-corrected chi connectivity index (χ4v) is 4.92. The maximum absolute atomic E-state index is 15.1. The first-order valence-electron chi connectivity index (χ1n) is 11.2. The third kappa shape index (κ3) is 6.54. The van der Waals surface area contributed by atoms with Crippen LogP contribution in [0.1, 0.15) is 27.0 Å². The van der Waals surface area contributed by atoms with Crippen LogP contribution in [0, 0.1) is 12.3 Å². The molecule has 1 saturated heterocycles. The summed E-state index contributed by atoms with van der Waals surface area (Å²) in [6, 6.07) is 7.62. The van der Waals surface area contributed by atoms with E-state index in [1.807, 2.05) is 4.98 Å². The van der Waals surface area contributed by atoms with Gasteiger partial charge in [-0.05, 0) is 32.9 Å². The summed E-state index contributed by atoms with van der Waals surface area (Å²) in [6.45, 7) is 3.76. The molecular weight excluding hydrogens is 512 g/mol. The van der Waals surface area contributed by atoms with Gasteiger partial charge in [-0.3, -0.25) is 23.7 Å². The molecule has 1 aromatic heterocycles. The molecule has 6 atom stereocenters. The maximum atomic E-state index is 15.1. The zero-order valence-electron chi connectivity index (χ0n) is 20.2. The highest BCUT2D eigenvalue weighted by molar-refractivity contribution is 7.52. The van der Waals surface area contributed by atoms with Crippen LogP contribution in [0.2, 0.25) is 0 Å². The largest absolute Gasteiger partial charge is 0.462 e. The maximum Gasteiger partial charge on any atom is 0.459 e. The zero-order chi connectivity index (χ0) is 27.4. The van der Waals surface area contributed by atoms with Crippen molar-refractivity contribution in [2.24, 2.45) is 0 Å². The van der Waals surface area contributed by atoms with Crippen LogP contribution < -0.4 is 20.9 Å². The highest BCUT2D eigenvalue weighted by Crippen LogP contribution is 2.48. The summed E-state index contributed by atoms with van der Waals surface area (Å²) >= 11 is 0. The van der Waals surface area contributed by atoms with Gasteiger partial charge in [0, 0.05) is 12.3 Å². The van der Waals surface area contributed by atoms with Crippen LogP contribution in [0.5, 0.6) is 5.75 Å². The number of hydrogen-bond acceptors (Lipinski definition) is 9. The second-order valence-corrected chi connectivity index (χ2v) is 10.2. The van der Waals surface area contributed by atoms with E-state index in [2.05, 4.69) is 11.0 Å². The number of rotatable bonds is 10. The Morgan fingerprint density at radius 2 is 2.00 bits per heavy atom. The Kier molecular flexibility index (Phi) is 8.73. The number of aromatic nitrogens is 2. The van der Waals surface area contributed by atoms with Gasteiger partial charge in [-0.25, -0.2) is 13.8 Å². The van der Waals surface area contributed by atoms with Crippen molar-refractivity contribution in [1.82, 2.24) is 14.6 Å². The van der Waals surface area contributed by atoms with Crippen molar-refractivity contribution in [3.63, 3.8) is 0 Å². The van der Waals surface area contributed by atoms with Gasteiger partial charge in [-0.15, -0.1) is 6.42 Å². The number of esters is 1. The van der Waals surface area contributed by atoms with Crippen molar-refractivity contribution in [2.75, 3.05) is 6.61 Å².